The quantitative estimate of drug-likeness (QED) is 0.847. The largest absolute Gasteiger partial charge is 0.362 e. The molecule has 0 spiro atoms. The summed E-state index contributed by atoms with van der Waals surface area (Å²) in [4.78, 5) is 11.6. The molecule has 0 aliphatic carbocycles. The first kappa shape index (κ1) is 16.3. The molecule has 1 unspecified atom stereocenters. The van der Waals surface area contributed by atoms with Crippen molar-refractivity contribution in [2.45, 2.75) is 47.2 Å². The standard InChI is InChI=1S/C16H20N4.C2H6/c1-6-14-17-11(4)15-16(19-14)20(5)13-8-10(3)9(2)7-12(13)18-15;1-2/h7-8,14,17H,4,6H2,1-3,5H3;1-2H3. The van der Waals surface area contributed by atoms with Crippen molar-refractivity contribution in [2.75, 3.05) is 11.9 Å². The van der Waals surface area contributed by atoms with Crippen LogP contribution < -0.4 is 10.2 Å². The minimum Gasteiger partial charge on any atom is -0.362 e. The molecule has 0 amide bonds. The van der Waals surface area contributed by atoms with Crippen LogP contribution in [0.2, 0.25) is 0 Å². The Morgan fingerprint density at radius 2 is 1.86 bits per heavy atom. The van der Waals surface area contributed by atoms with E-state index in [4.69, 9.17) is 9.98 Å². The van der Waals surface area contributed by atoms with Crippen LogP contribution in [0.15, 0.2) is 34.4 Å². The van der Waals surface area contributed by atoms with E-state index in [1.165, 1.54) is 11.1 Å². The Morgan fingerprint density at radius 3 is 2.50 bits per heavy atom. The van der Waals surface area contributed by atoms with Crippen LogP contribution in [0.25, 0.3) is 0 Å². The van der Waals surface area contributed by atoms with Crippen molar-refractivity contribution < 1.29 is 0 Å². The van der Waals surface area contributed by atoms with Gasteiger partial charge < -0.3 is 10.2 Å². The van der Waals surface area contributed by atoms with Gasteiger partial charge in [-0.05, 0) is 43.5 Å². The SMILES string of the molecule is C=C1NC(CC)N=C2C1=Nc1cc(C)c(C)cc1N2C.CC. The Kier molecular flexibility index (Phi) is 4.69. The predicted octanol–water partition coefficient (Wildman–Crippen LogP) is 4.10. The fourth-order valence-corrected chi connectivity index (χ4v) is 2.58. The van der Waals surface area contributed by atoms with Crippen molar-refractivity contribution in [1.29, 1.82) is 0 Å². The van der Waals surface area contributed by atoms with Crippen LogP contribution in [0.3, 0.4) is 0 Å². The number of amidine groups is 1. The summed E-state index contributed by atoms with van der Waals surface area (Å²) in [5.41, 5.74) is 6.34. The van der Waals surface area contributed by atoms with E-state index < -0.39 is 0 Å². The lowest BCUT2D eigenvalue weighted by Crippen LogP contribution is -2.47. The molecule has 2 aliphatic heterocycles. The smallest absolute Gasteiger partial charge is 0.158 e. The normalized spacial score (nSPS) is 19.1. The molecule has 2 aliphatic rings. The molecular weight excluding hydrogens is 272 g/mol. The number of aryl methyl sites for hydroxylation is 2. The summed E-state index contributed by atoms with van der Waals surface area (Å²) in [7, 11) is 2.05. The van der Waals surface area contributed by atoms with Crippen molar-refractivity contribution in [2.24, 2.45) is 9.98 Å². The highest BCUT2D eigenvalue weighted by Crippen LogP contribution is 2.36. The van der Waals surface area contributed by atoms with Gasteiger partial charge >= 0.3 is 0 Å². The molecule has 0 bridgehead atoms. The van der Waals surface area contributed by atoms with Crippen LogP contribution in [0.5, 0.6) is 0 Å². The van der Waals surface area contributed by atoms with Crippen LogP contribution in [0.1, 0.15) is 38.3 Å². The van der Waals surface area contributed by atoms with Gasteiger partial charge in [0.25, 0.3) is 0 Å². The fourth-order valence-electron chi connectivity index (χ4n) is 2.58. The summed E-state index contributed by atoms with van der Waals surface area (Å²) < 4.78 is 0. The first-order chi connectivity index (χ1) is 10.5. The van der Waals surface area contributed by atoms with Gasteiger partial charge in [0, 0.05) is 7.05 Å². The molecule has 3 rings (SSSR count). The zero-order valence-corrected chi connectivity index (χ0v) is 14.5. The van der Waals surface area contributed by atoms with Crippen LogP contribution in [-0.2, 0) is 0 Å². The number of nitrogens with one attached hydrogen (secondary N) is 1. The molecule has 1 atom stereocenters. The molecule has 4 heteroatoms. The Balaban J connectivity index is 0.000000847. The maximum atomic E-state index is 4.75. The third kappa shape index (κ3) is 2.65. The summed E-state index contributed by atoms with van der Waals surface area (Å²) >= 11 is 0. The van der Waals surface area contributed by atoms with Gasteiger partial charge in [-0.2, -0.15) is 0 Å². The summed E-state index contributed by atoms with van der Waals surface area (Å²) in [5, 5.41) is 3.30. The van der Waals surface area contributed by atoms with Gasteiger partial charge in [-0.1, -0.05) is 27.4 Å². The number of hydrogen-bond donors (Lipinski definition) is 1. The second-order valence-electron chi connectivity index (χ2n) is 5.44. The zero-order valence-electron chi connectivity index (χ0n) is 14.5. The molecule has 0 saturated carbocycles. The molecule has 0 saturated heterocycles. The molecule has 118 valence electrons. The molecular formula is C18H26N4. The van der Waals surface area contributed by atoms with E-state index in [1.807, 2.05) is 20.9 Å². The van der Waals surface area contributed by atoms with E-state index in [1.54, 1.807) is 0 Å². The molecule has 4 nitrogen and oxygen atoms in total. The molecule has 1 aromatic carbocycles. The molecule has 1 aromatic rings. The van der Waals surface area contributed by atoms with E-state index in [0.717, 1.165) is 35.0 Å². The highest BCUT2D eigenvalue weighted by atomic mass is 15.3. The monoisotopic (exact) mass is 298 g/mol. The maximum absolute atomic E-state index is 4.75. The van der Waals surface area contributed by atoms with E-state index in [2.05, 4.69) is 49.7 Å². The van der Waals surface area contributed by atoms with Crippen molar-refractivity contribution in [1.82, 2.24) is 5.32 Å². The molecule has 0 aromatic heterocycles. The topological polar surface area (TPSA) is 40.0 Å². The second kappa shape index (κ2) is 6.34. The van der Waals surface area contributed by atoms with Crippen LogP contribution in [0.4, 0.5) is 11.4 Å². The van der Waals surface area contributed by atoms with Crippen LogP contribution >= 0.6 is 0 Å². The lowest BCUT2D eigenvalue weighted by Gasteiger charge is -2.34. The highest BCUT2D eigenvalue weighted by Gasteiger charge is 2.30. The maximum Gasteiger partial charge on any atom is 0.158 e. The van der Waals surface area contributed by atoms with E-state index in [0.29, 0.717) is 0 Å². The number of aliphatic imine (C=N–C) groups is 2. The third-order valence-electron chi connectivity index (χ3n) is 4.01. The molecule has 1 N–H and O–H groups in total. The Bertz CT molecular complexity index is 655. The van der Waals surface area contributed by atoms with Gasteiger partial charge in [-0.3, -0.25) is 0 Å². The van der Waals surface area contributed by atoms with Crippen molar-refractivity contribution in [3.8, 4) is 0 Å². The fraction of sp³-hybridized carbons (Fsp3) is 0.444. The van der Waals surface area contributed by atoms with Gasteiger partial charge in [0.2, 0.25) is 0 Å². The van der Waals surface area contributed by atoms with Crippen LogP contribution in [0, 0.1) is 13.8 Å². The second-order valence-corrected chi connectivity index (χ2v) is 5.44. The average Bonchev–Trinajstić information content (AvgIpc) is 2.52. The Hall–Kier alpha value is -2.10. The van der Waals surface area contributed by atoms with Gasteiger partial charge in [0.15, 0.2) is 5.84 Å². The molecule has 0 fully saturated rings. The predicted molar refractivity (Wildman–Crippen MR) is 96.6 cm³/mol. The van der Waals surface area contributed by atoms with Crippen LogP contribution in [-0.4, -0.2) is 24.8 Å². The molecule has 0 radical (unpaired) electrons. The lowest BCUT2D eigenvalue weighted by atomic mass is 10.0. The minimum atomic E-state index is 0.0898. The molecule has 2 heterocycles. The third-order valence-corrected chi connectivity index (χ3v) is 4.01. The minimum absolute atomic E-state index is 0.0898. The molecule has 22 heavy (non-hydrogen) atoms. The van der Waals surface area contributed by atoms with Crippen molar-refractivity contribution >= 4 is 22.9 Å². The highest BCUT2D eigenvalue weighted by molar-refractivity contribution is 6.53. The van der Waals surface area contributed by atoms with Gasteiger partial charge in [0.05, 0.1) is 17.1 Å². The lowest BCUT2D eigenvalue weighted by molar-refractivity contribution is 0.579. The number of fused-ring (bicyclic) bond motifs is 2. The summed E-state index contributed by atoms with van der Waals surface area (Å²) in [6.45, 7) is 14.4. The Morgan fingerprint density at radius 1 is 1.23 bits per heavy atom. The van der Waals surface area contributed by atoms with Gasteiger partial charge in [-0.15, -0.1) is 0 Å². The summed E-state index contributed by atoms with van der Waals surface area (Å²) in [6.07, 6.45) is 1.02. The first-order valence-corrected chi connectivity index (χ1v) is 7.99. The van der Waals surface area contributed by atoms with Crippen molar-refractivity contribution in [3.63, 3.8) is 0 Å². The number of nitrogens with zero attached hydrogens (tertiary/aromatic N) is 3. The summed E-state index contributed by atoms with van der Waals surface area (Å²) in [5.74, 6) is 0.913. The van der Waals surface area contributed by atoms with Gasteiger partial charge in [-0.25, -0.2) is 9.98 Å². The average molecular weight is 298 g/mol. The zero-order chi connectivity index (χ0) is 16.4. The first-order valence-electron chi connectivity index (χ1n) is 7.99. The van der Waals surface area contributed by atoms with Crippen molar-refractivity contribution in [3.05, 3.63) is 35.5 Å². The number of hydrogen-bond acceptors (Lipinski definition) is 4. The van der Waals surface area contributed by atoms with Gasteiger partial charge in [0.1, 0.15) is 11.9 Å². The van der Waals surface area contributed by atoms with E-state index >= 15 is 0 Å². The number of benzene rings is 1. The Labute approximate surface area is 133 Å². The van der Waals surface area contributed by atoms with E-state index in [-0.39, 0.29) is 6.17 Å². The summed E-state index contributed by atoms with van der Waals surface area (Å²) in [6, 6.07) is 4.31. The number of anilines is 1. The number of rotatable bonds is 1. The van der Waals surface area contributed by atoms with E-state index in [9.17, 15) is 0 Å².